The van der Waals surface area contributed by atoms with Gasteiger partial charge >= 0.3 is 0 Å². The van der Waals surface area contributed by atoms with E-state index in [9.17, 15) is 19.2 Å². The van der Waals surface area contributed by atoms with Crippen LogP contribution < -0.4 is 20.3 Å². The summed E-state index contributed by atoms with van der Waals surface area (Å²) in [5, 5.41) is 2.36. The molecule has 0 bridgehead atoms. The largest absolute Gasteiger partial charge is 0.496 e. The highest BCUT2D eigenvalue weighted by Gasteiger charge is 2.39. The van der Waals surface area contributed by atoms with Crippen LogP contribution in [-0.4, -0.2) is 65.4 Å². The van der Waals surface area contributed by atoms with E-state index in [0.717, 1.165) is 65.2 Å². The predicted molar refractivity (Wildman–Crippen MR) is 165 cm³/mol. The van der Waals surface area contributed by atoms with Crippen molar-refractivity contribution in [3.8, 4) is 22.6 Å². The van der Waals surface area contributed by atoms with E-state index in [1.54, 1.807) is 30.7 Å². The number of hydrogen-bond donors (Lipinski definition) is 1. The zero-order valence-corrected chi connectivity index (χ0v) is 25.6. The number of benzene rings is 2. The third kappa shape index (κ3) is 5.61. The molecule has 0 aliphatic carbocycles. The molecule has 0 radical (unpaired) electrons. The Hall–Kier alpha value is -4.44. The van der Waals surface area contributed by atoms with Gasteiger partial charge in [-0.05, 0) is 78.6 Å². The predicted octanol–water partition coefficient (Wildman–Crippen LogP) is 3.20. The summed E-state index contributed by atoms with van der Waals surface area (Å²) in [6, 6.07) is 11.4. The first kappa shape index (κ1) is 29.6. The van der Waals surface area contributed by atoms with Gasteiger partial charge in [0.1, 0.15) is 17.5 Å². The number of carbonyl (C=O) groups excluding carboxylic acids is 3. The van der Waals surface area contributed by atoms with Gasteiger partial charge in [0.05, 0.1) is 19.8 Å². The molecule has 10 heteroatoms. The summed E-state index contributed by atoms with van der Waals surface area (Å²) >= 11 is 0. The van der Waals surface area contributed by atoms with Gasteiger partial charge in [-0.25, -0.2) is 0 Å². The molecule has 230 valence electrons. The van der Waals surface area contributed by atoms with E-state index in [-0.39, 0.29) is 29.7 Å². The monoisotopic (exact) mass is 598 g/mol. The maximum absolute atomic E-state index is 13.2. The molecule has 3 amide bonds. The molecule has 2 aromatic carbocycles. The van der Waals surface area contributed by atoms with Crippen LogP contribution in [0.2, 0.25) is 0 Å². The van der Waals surface area contributed by atoms with Gasteiger partial charge in [-0.2, -0.15) is 0 Å². The van der Waals surface area contributed by atoms with Crippen molar-refractivity contribution >= 4 is 17.7 Å². The first-order valence-corrected chi connectivity index (χ1v) is 15.1. The van der Waals surface area contributed by atoms with Gasteiger partial charge in [-0.1, -0.05) is 12.1 Å². The molecule has 1 N–H and O–H groups in total. The molecule has 44 heavy (non-hydrogen) atoms. The van der Waals surface area contributed by atoms with Gasteiger partial charge < -0.3 is 18.9 Å². The molecule has 0 spiro atoms. The molecule has 6 rings (SSSR count). The zero-order chi connectivity index (χ0) is 31.1. The quantitative estimate of drug-likeness (QED) is 0.377. The number of likely N-dealkylation sites (tertiary alicyclic amines) is 1. The number of pyridine rings is 1. The number of piperidine rings is 1. The molecule has 3 aliphatic heterocycles. The number of nitrogens with one attached hydrogen (secondary N) is 1. The standard InChI is InChI=1S/C34H38N4O6/c1-20-11-25(17-36(2)33(20)41)24-13-29(43-3)27(30(14-24)44-4)19-37-15-22(16-37)6-5-21-7-8-23-18-38(34(42)26(23)12-21)28-9-10-31(39)35-32(28)40/h7-8,11-14,17,22,28H,5-6,9-10,15-16,18-19H2,1-4H3,(H,35,39,40). The Morgan fingerprint density at radius 1 is 0.955 bits per heavy atom. The summed E-state index contributed by atoms with van der Waals surface area (Å²) in [5.74, 6) is 1.25. The molecule has 4 heterocycles. The highest BCUT2D eigenvalue weighted by atomic mass is 16.5. The average Bonchev–Trinajstić information content (AvgIpc) is 3.31. The minimum absolute atomic E-state index is 0.0160. The van der Waals surface area contributed by atoms with E-state index < -0.39 is 6.04 Å². The van der Waals surface area contributed by atoms with Gasteiger partial charge in [0.2, 0.25) is 11.8 Å². The van der Waals surface area contributed by atoms with Crippen LogP contribution in [0.3, 0.4) is 0 Å². The Morgan fingerprint density at radius 3 is 2.34 bits per heavy atom. The lowest BCUT2D eigenvalue weighted by molar-refractivity contribution is -0.136. The van der Waals surface area contributed by atoms with E-state index in [2.05, 4.69) is 16.3 Å². The third-order valence-electron chi connectivity index (χ3n) is 9.15. The molecular weight excluding hydrogens is 560 g/mol. The Kier molecular flexibility index (Phi) is 8.02. The molecule has 3 aliphatic rings. The molecule has 2 fully saturated rings. The first-order chi connectivity index (χ1) is 21.1. The second-order valence-electron chi connectivity index (χ2n) is 12.2. The van der Waals surface area contributed by atoms with Gasteiger partial charge in [-0.3, -0.25) is 29.4 Å². The fraction of sp³-hybridized carbons (Fsp3) is 0.412. The molecule has 1 atom stereocenters. The van der Waals surface area contributed by atoms with Gasteiger partial charge in [0, 0.05) is 57.0 Å². The molecule has 1 aromatic heterocycles. The summed E-state index contributed by atoms with van der Waals surface area (Å²) in [6.07, 6.45) is 4.33. The Bertz CT molecular complexity index is 1650. The van der Waals surface area contributed by atoms with E-state index in [0.29, 0.717) is 36.6 Å². The normalized spacial score (nSPS) is 18.7. The van der Waals surface area contributed by atoms with Crippen molar-refractivity contribution in [2.75, 3.05) is 27.3 Å². The number of carbonyl (C=O) groups is 3. The maximum Gasteiger partial charge on any atom is 0.255 e. The van der Waals surface area contributed by atoms with Crippen molar-refractivity contribution < 1.29 is 23.9 Å². The van der Waals surface area contributed by atoms with Crippen molar-refractivity contribution in [1.82, 2.24) is 19.7 Å². The summed E-state index contributed by atoms with van der Waals surface area (Å²) in [4.78, 5) is 53.2. The number of nitrogens with zero attached hydrogens (tertiary/aromatic N) is 3. The average molecular weight is 599 g/mol. The fourth-order valence-corrected chi connectivity index (χ4v) is 6.68. The lowest BCUT2D eigenvalue weighted by atomic mass is 9.91. The number of aromatic nitrogens is 1. The van der Waals surface area contributed by atoms with E-state index in [1.165, 1.54) is 0 Å². The lowest BCUT2D eigenvalue weighted by Crippen LogP contribution is -2.52. The number of amides is 3. The summed E-state index contributed by atoms with van der Waals surface area (Å²) < 4.78 is 13.2. The summed E-state index contributed by atoms with van der Waals surface area (Å²) in [6.45, 7) is 4.84. The van der Waals surface area contributed by atoms with Crippen LogP contribution in [0, 0.1) is 12.8 Å². The molecule has 10 nitrogen and oxygen atoms in total. The fourth-order valence-electron chi connectivity index (χ4n) is 6.68. The van der Waals surface area contributed by atoms with Crippen LogP contribution in [0.25, 0.3) is 11.1 Å². The molecule has 1 unspecified atom stereocenters. The number of imide groups is 1. The van der Waals surface area contributed by atoms with Crippen LogP contribution in [0.1, 0.15) is 51.9 Å². The second kappa shape index (κ2) is 11.9. The molecule has 2 saturated heterocycles. The zero-order valence-electron chi connectivity index (χ0n) is 25.6. The maximum atomic E-state index is 13.2. The SMILES string of the molecule is COc1cc(-c2cc(C)c(=O)n(C)c2)cc(OC)c1CN1CC(CCc2ccc3c(c2)C(=O)N(C2CCC(=O)NC2=O)C3)C1. The highest BCUT2D eigenvalue weighted by molar-refractivity contribution is 6.05. The van der Waals surface area contributed by atoms with Crippen molar-refractivity contribution in [1.29, 1.82) is 0 Å². The number of fused-ring (bicyclic) bond motifs is 1. The van der Waals surface area contributed by atoms with Gasteiger partial charge in [0.15, 0.2) is 0 Å². The minimum Gasteiger partial charge on any atom is -0.496 e. The van der Waals surface area contributed by atoms with Crippen molar-refractivity contribution in [3.05, 3.63) is 80.8 Å². The van der Waals surface area contributed by atoms with Gasteiger partial charge in [0.25, 0.3) is 11.5 Å². The Labute approximate surface area is 256 Å². The summed E-state index contributed by atoms with van der Waals surface area (Å²) in [5.41, 5.74) is 6.22. The molecular formula is C34H38N4O6. The number of rotatable bonds is 9. The second-order valence-corrected chi connectivity index (χ2v) is 12.2. The lowest BCUT2D eigenvalue weighted by Gasteiger charge is -2.40. The summed E-state index contributed by atoms with van der Waals surface area (Å²) in [7, 11) is 5.08. The van der Waals surface area contributed by atoms with E-state index >= 15 is 0 Å². The minimum atomic E-state index is -0.594. The first-order valence-electron chi connectivity index (χ1n) is 15.1. The van der Waals surface area contributed by atoms with Crippen LogP contribution in [0.15, 0.2) is 47.4 Å². The van der Waals surface area contributed by atoms with Gasteiger partial charge in [-0.15, -0.1) is 0 Å². The molecule has 0 saturated carbocycles. The highest BCUT2D eigenvalue weighted by Crippen LogP contribution is 2.37. The van der Waals surface area contributed by atoms with Crippen LogP contribution in [0.4, 0.5) is 0 Å². The van der Waals surface area contributed by atoms with Crippen molar-refractivity contribution in [2.24, 2.45) is 13.0 Å². The number of aryl methyl sites for hydroxylation is 3. The van der Waals surface area contributed by atoms with Crippen LogP contribution in [-0.2, 0) is 36.1 Å². The van der Waals surface area contributed by atoms with Crippen LogP contribution >= 0.6 is 0 Å². The van der Waals surface area contributed by atoms with Crippen LogP contribution in [0.5, 0.6) is 11.5 Å². The van der Waals surface area contributed by atoms with E-state index in [1.807, 2.05) is 43.5 Å². The van der Waals surface area contributed by atoms with Crippen molar-refractivity contribution in [3.63, 3.8) is 0 Å². The number of methoxy groups -OCH3 is 2. The topological polar surface area (TPSA) is 110 Å². The number of hydrogen-bond acceptors (Lipinski definition) is 7. The van der Waals surface area contributed by atoms with E-state index in [4.69, 9.17) is 9.47 Å². The Balaban J connectivity index is 1.06. The third-order valence-corrected chi connectivity index (χ3v) is 9.15. The smallest absolute Gasteiger partial charge is 0.255 e. The Morgan fingerprint density at radius 2 is 1.68 bits per heavy atom. The molecule has 3 aromatic rings. The van der Waals surface area contributed by atoms with Crippen molar-refractivity contribution in [2.45, 2.75) is 51.7 Å². The number of ether oxygens (including phenoxy) is 2.